The van der Waals surface area contributed by atoms with Crippen molar-refractivity contribution in [2.24, 2.45) is 5.10 Å². The number of carbonyl (C=O) groups excluding carboxylic acids is 2. The van der Waals surface area contributed by atoms with Gasteiger partial charge in [-0.05, 0) is 42.8 Å². The van der Waals surface area contributed by atoms with Crippen LogP contribution in [0.3, 0.4) is 0 Å². The minimum absolute atomic E-state index is 0.00534. The SMILES string of the molecule is C/C(=N/NC(=O)Cn1nnc2ccccc21)c1ccc2c(c1)NC(=O)CO2. The van der Waals surface area contributed by atoms with Gasteiger partial charge in [0.25, 0.3) is 11.8 Å². The monoisotopic (exact) mass is 364 g/mol. The molecule has 1 aromatic heterocycles. The predicted molar refractivity (Wildman–Crippen MR) is 98.4 cm³/mol. The Morgan fingerprint density at radius 3 is 3.07 bits per heavy atom. The second-order valence-electron chi connectivity index (χ2n) is 6.02. The van der Waals surface area contributed by atoms with Crippen molar-refractivity contribution in [2.75, 3.05) is 11.9 Å². The largest absolute Gasteiger partial charge is 0.482 e. The van der Waals surface area contributed by atoms with E-state index in [-0.39, 0.29) is 25.0 Å². The number of nitrogens with zero attached hydrogens (tertiary/aromatic N) is 4. The third-order valence-corrected chi connectivity index (χ3v) is 4.09. The summed E-state index contributed by atoms with van der Waals surface area (Å²) in [6.45, 7) is 1.77. The van der Waals surface area contributed by atoms with Crippen LogP contribution in [0.2, 0.25) is 0 Å². The average molecular weight is 364 g/mol. The summed E-state index contributed by atoms with van der Waals surface area (Å²) in [6.07, 6.45) is 0. The van der Waals surface area contributed by atoms with Crippen molar-refractivity contribution in [3.8, 4) is 5.75 Å². The molecule has 0 spiro atoms. The number of hydrazone groups is 1. The molecule has 1 aliphatic rings. The number of fused-ring (bicyclic) bond motifs is 2. The molecule has 4 rings (SSSR count). The van der Waals surface area contributed by atoms with Gasteiger partial charge in [-0.15, -0.1) is 5.10 Å². The van der Waals surface area contributed by atoms with Crippen LogP contribution in [0.15, 0.2) is 47.6 Å². The van der Waals surface area contributed by atoms with E-state index < -0.39 is 0 Å². The van der Waals surface area contributed by atoms with Crippen LogP contribution in [0.5, 0.6) is 5.75 Å². The Hall–Kier alpha value is -3.75. The Kier molecular flexibility index (Phi) is 4.25. The molecule has 2 heterocycles. The lowest BCUT2D eigenvalue weighted by Crippen LogP contribution is -2.26. The maximum atomic E-state index is 12.2. The maximum absolute atomic E-state index is 12.2. The molecule has 0 saturated carbocycles. The molecule has 2 amide bonds. The number of hydrogen-bond acceptors (Lipinski definition) is 6. The zero-order valence-corrected chi connectivity index (χ0v) is 14.5. The number of aromatic nitrogens is 3. The molecule has 2 N–H and O–H groups in total. The zero-order valence-electron chi connectivity index (χ0n) is 14.5. The van der Waals surface area contributed by atoms with Gasteiger partial charge in [-0.3, -0.25) is 9.59 Å². The molecule has 0 unspecified atom stereocenters. The van der Waals surface area contributed by atoms with Crippen LogP contribution >= 0.6 is 0 Å². The van der Waals surface area contributed by atoms with Crippen molar-refractivity contribution < 1.29 is 14.3 Å². The van der Waals surface area contributed by atoms with E-state index in [1.807, 2.05) is 30.3 Å². The smallest absolute Gasteiger partial charge is 0.262 e. The molecular formula is C18H16N6O3. The van der Waals surface area contributed by atoms with Gasteiger partial charge in [0.05, 0.1) is 16.9 Å². The summed E-state index contributed by atoms with van der Waals surface area (Å²) in [5, 5.41) is 14.9. The van der Waals surface area contributed by atoms with E-state index in [0.29, 0.717) is 17.1 Å². The highest BCUT2D eigenvalue weighted by Gasteiger charge is 2.16. The van der Waals surface area contributed by atoms with Crippen molar-refractivity contribution in [3.63, 3.8) is 0 Å². The summed E-state index contributed by atoms with van der Waals surface area (Å²) < 4.78 is 6.84. The topological polar surface area (TPSA) is 111 Å². The molecule has 136 valence electrons. The Balaban J connectivity index is 1.45. The summed E-state index contributed by atoms with van der Waals surface area (Å²) in [5.41, 5.74) is 5.95. The number of rotatable bonds is 4. The van der Waals surface area contributed by atoms with Crippen molar-refractivity contribution in [1.82, 2.24) is 20.4 Å². The Labute approximate surface area is 154 Å². The molecule has 0 radical (unpaired) electrons. The van der Waals surface area contributed by atoms with E-state index in [9.17, 15) is 9.59 Å². The quantitative estimate of drug-likeness (QED) is 0.536. The van der Waals surface area contributed by atoms with E-state index in [0.717, 1.165) is 16.6 Å². The van der Waals surface area contributed by atoms with E-state index in [4.69, 9.17) is 4.74 Å². The van der Waals surface area contributed by atoms with Crippen LogP contribution in [0.25, 0.3) is 11.0 Å². The zero-order chi connectivity index (χ0) is 18.8. The summed E-state index contributed by atoms with van der Waals surface area (Å²) in [7, 11) is 0. The highest BCUT2D eigenvalue weighted by atomic mass is 16.5. The fraction of sp³-hybridized carbons (Fsp3) is 0.167. The van der Waals surface area contributed by atoms with Gasteiger partial charge in [0, 0.05) is 0 Å². The number of anilines is 1. The van der Waals surface area contributed by atoms with Crippen molar-refractivity contribution in [2.45, 2.75) is 13.5 Å². The second kappa shape index (κ2) is 6.87. The van der Waals surface area contributed by atoms with Crippen LogP contribution in [0, 0.1) is 0 Å². The third-order valence-electron chi connectivity index (χ3n) is 4.09. The fourth-order valence-electron chi connectivity index (χ4n) is 2.72. The lowest BCUT2D eigenvalue weighted by Gasteiger charge is -2.18. The standard InChI is InChI=1S/C18H16N6O3/c1-11(12-6-7-16-14(8-12)19-18(26)10-27-16)20-22-17(25)9-24-15-5-3-2-4-13(15)21-23-24/h2-8H,9-10H2,1H3,(H,19,26)(H,22,25)/b20-11-. The first-order chi connectivity index (χ1) is 13.1. The Morgan fingerprint density at radius 2 is 2.19 bits per heavy atom. The number of hydrogen-bond donors (Lipinski definition) is 2. The molecule has 0 bridgehead atoms. The number of ether oxygens (including phenoxy) is 1. The number of carbonyl (C=O) groups is 2. The number of benzene rings is 2. The number of amides is 2. The molecule has 1 aliphatic heterocycles. The van der Waals surface area contributed by atoms with Gasteiger partial charge >= 0.3 is 0 Å². The summed E-state index contributed by atoms with van der Waals surface area (Å²) in [6, 6.07) is 12.7. The summed E-state index contributed by atoms with van der Waals surface area (Å²) in [4.78, 5) is 23.6. The molecule has 0 fully saturated rings. The van der Waals surface area contributed by atoms with E-state index >= 15 is 0 Å². The first kappa shape index (κ1) is 16.7. The lowest BCUT2D eigenvalue weighted by molar-refractivity contribution is -0.121. The highest BCUT2D eigenvalue weighted by Crippen LogP contribution is 2.28. The molecule has 9 heteroatoms. The molecule has 2 aromatic carbocycles. The maximum Gasteiger partial charge on any atom is 0.262 e. The predicted octanol–water partition coefficient (Wildman–Crippen LogP) is 1.30. The minimum Gasteiger partial charge on any atom is -0.482 e. The average Bonchev–Trinajstić information content (AvgIpc) is 3.08. The van der Waals surface area contributed by atoms with Crippen molar-refractivity contribution >= 4 is 34.2 Å². The lowest BCUT2D eigenvalue weighted by atomic mass is 10.1. The molecule has 0 saturated heterocycles. The van der Waals surface area contributed by atoms with Gasteiger partial charge in [0.2, 0.25) is 0 Å². The fourth-order valence-corrected chi connectivity index (χ4v) is 2.72. The minimum atomic E-state index is -0.320. The Morgan fingerprint density at radius 1 is 1.33 bits per heavy atom. The van der Waals surface area contributed by atoms with Gasteiger partial charge in [-0.1, -0.05) is 17.3 Å². The molecule has 27 heavy (non-hydrogen) atoms. The number of para-hydroxylation sites is 1. The van der Waals surface area contributed by atoms with Crippen LogP contribution in [0.4, 0.5) is 5.69 Å². The van der Waals surface area contributed by atoms with E-state index in [1.54, 1.807) is 19.1 Å². The van der Waals surface area contributed by atoms with Gasteiger partial charge < -0.3 is 10.1 Å². The van der Waals surface area contributed by atoms with Gasteiger partial charge in [0.1, 0.15) is 17.8 Å². The van der Waals surface area contributed by atoms with Gasteiger partial charge in [0.15, 0.2) is 6.61 Å². The van der Waals surface area contributed by atoms with Crippen molar-refractivity contribution in [1.29, 1.82) is 0 Å². The molecule has 0 atom stereocenters. The van der Waals surface area contributed by atoms with Gasteiger partial charge in [-0.25, -0.2) is 10.1 Å². The molecule has 9 nitrogen and oxygen atoms in total. The normalized spacial score (nSPS) is 13.7. The molecule has 0 aliphatic carbocycles. The van der Waals surface area contributed by atoms with E-state index in [1.165, 1.54) is 4.68 Å². The molecular weight excluding hydrogens is 348 g/mol. The van der Waals surface area contributed by atoms with Crippen LogP contribution in [0.1, 0.15) is 12.5 Å². The van der Waals surface area contributed by atoms with Crippen LogP contribution in [-0.4, -0.2) is 39.1 Å². The summed E-state index contributed by atoms with van der Waals surface area (Å²) >= 11 is 0. The van der Waals surface area contributed by atoms with Gasteiger partial charge in [-0.2, -0.15) is 5.10 Å². The first-order valence-corrected chi connectivity index (χ1v) is 8.28. The van der Waals surface area contributed by atoms with E-state index in [2.05, 4.69) is 26.2 Å². The summed E-state index contributed by atoms with van der Waals surface area (Å²) in [5.74, 6) is 0.0791. The van der Waals surface area contributed by atoms with Crippen molar-refractivity contribution in [3.05, 3.63) is 48.0 Å². The first-order valence-electron chi connectivity index (χ1n) is 8.28. The number of nitrogens with one attached hydrogen (secondary N) is 2. The molecule has 3 aromatic rings. The van der Waals surface area contributed by atoms with Crippen LogP contribution < -0.4 is 15.5 Å². The third kappa shape index (κ3) is 3.47. The second-order valence-corrected chi connectivity index (χ2v) is 6.02. The van der Waals surface area contributed by atoms with Crippen LogP contribution in [-0.2, 0) is 16.1 Å². The Bertz CT molecular complexity index is 1070. The highest BCUT2D eigenvalue weighted by molar-refractivity contribution is 6.02.